The molecule has 5 nitrogen and oxygen atoms in total. The van der Waals surface area contributed by atoms with Crippen LogP contribution in [0.2, 0.25) is 0 Å². The lowest BCUT2D eigenvalue weighted by atomic mass is 10.2. The van der Waals surface area contributed by atoms with Crippen molar-refractivity contribution in [2.45, 2.75) is 46.2 Å². The van der Waals surface area contributed by atoms with E-state index < -0.39 is 0 Å². The standard InChI is InChI=1S/C13H23N3O2/c1-4-12-15-8-10-16(12)9-7-11(14-5-2)13(17)18-6-3/h8,10-11,14H,4-7,9H2,1-3H3. The maximum atomic E-state index is 11.7. The van der Waals surface area contributed by atoms with Crippen LogP contribution >= 0.6 is 0 Å². The lowest BCUT2D eigenvalue weighted by molar-refractivity contribution is -0.145. The van der Waals surface area contributed by atoms with Crippen molar-refractivity contribution in [1.29, 1.82) is 0 Å². The fraction of sp³-hybridized carbons (Fsp3) is 0.692. The number of nitrogens with one attached hydrogen (secondary N) is 1. The van der Waals surface area contributed by atoms with Crippen LogP contribution in [0.3, 0.4) is 0 Å². The number of imidazole rings is 1. The summed E-state index contributed by atoms with van der Waals surface area (Å²) in [5.74, 6) is 0.881. The second-order valence-electron chi connectivity index (χ2n) is 4.04. The third-order valence-corrected chi connectivity index (χ3v) is 2.80. The summed E-state index contributed by atoms with van der Waals surface area (Å²) in [6.45, 7) is 7.85. The molecule has 1 aromatic rings. The Balaban J connectivity index is 2.53. The number of aryl methyl sites for hydroxylation is 2. The molecule has 1 unspecified atom stereocenters. The minimum Gasteiger partial charge on any atom is -0.465 e. The van der Waals surface area contributed by atoms with Gasteiger partial charge < -0.3 is 14.6 Å². The molecule has 1 atom stereocenters. The molecular weight excluding hydrogens is 230 g/mol. The van der Waals surface area contributed by atoms with Gasteiger partial charge in [-0.05, 0) is 19.9 Å². The second kappa shape index (κ2) is 7.87. The monoisotopic (exact) mass is 253 g/mol. The molecule has 0 aliphatic carbocycles. The number of hydrogen-bond acceptors (Lipinski definition) is 4. The number of likely N-dealkylation sites (N-methyl/N-ethyl adjacent to an activating group) is 1. The SMILES string of the molecule is CCNC(CCn1ccnc1CC)C(=O)OCC. The second-order valence-corrected chi connectivity index (χ2v) is 4.04. The van der Waals surface area contributed by atoms with Crippen LogP contribution in [0.1, 0.15) is 33.0 Å². The van der Waals surface area contributed by atoms with Gasteiger partial charge in [0.05, 0.1) is 6.61 Å². The third kappa shape index (κ3) is 4.14. The number of ether oxygens (including phenoxy) is 1. The van der Waals surface area contributed by atoms with E-state index in [1.807, 2.05) is 20.0 Å². The van der Waals surface area contributed by atoms with Gasteiger partial charge >= 0.3 is 5.97 Å². The molecule has 5 heteroatoms. The minimum absolute atomic E-state index is 0.169. The van der Waals surface area contributed by atoms with E-state index in [-0.39, 0.29) is 12.0 Å². The first-order valence-corrected chi connectivity index (χ1v) is 6.62. The Morgan fingerprint density at radius 3 is 2.89 bits per heavy atom. The molecule has 0 saturated heterocycles. The smallest absolute Gasteiger partial charge is 0.323 e. The van der Waals surface area contributed by atoms with Crippen LogP contribution < -0.4 is 5.32 Å². The zero-order chi connectivity index (χ0) is 13.4. The van der Waals surface area contributed by atoms with E-state index in [0.29, 0.717) is 6.61 Å². The minimum atomic E-state index is -0.234. The van der Waals surface area contributed by atoms with Crippen molar-refractivity contribution in [3.05, 3.63) is 18.2 Å². The van der Waals surface area contributed by atoms with Crippen LogP contribution in [0, 0.1) is 0 Å². The number of esters is 1. The van der Waals surface area contributed by atoms with Gasteiger partial charge in [0.1, 0.15) is 11.9 Å². The number of carbonyl (C=O) groups excluding carboxylic acids is 1. The maximum absolute atomic E-state index is 11.7. The van der Waals surface area contributed by atoms with Crippen molar-refractivity contribution < 1.29 is 9.53 Å². The van der Waals surface area contributed by atoms with Crippen molar-refractivity contribution >= 4 is 5.97 Å². The first-order chi connectivity index (χ1) is 8.72. The van der Waals surface area contributed by atoms with Crippen LogP contribution in [-0.2, 0) is 22.5 Å². The number of nitrogens with zero attached hydrogens (tertiary/aromatic N) is 2. The van der Waals surface area contributed by atoms with Gasteiger partial charge in [-0.25, -0.2) is 4.98 Å². The molecule has 0 bridgehead atoms. The van der Waals surface area contributed by atoms with E-state index in [2.05, 4.69) is 21.8 Å². The summed E-state index contributed by atoms with van der Waals surface area (Å²) in [6.07, 6.45) is 5.37. The fourth-order valence-electron chi connectivity index (χ4n) is 1.92. The van der Waals surface area contributed by atoms with Crippen LogP contribution in [0.15, 0.2) is 12.4 Å². The highest BCUT2D eigenvalue weighted by Crippen LogP contribution is 2.04. The molecule has 0 radical (unpaired) electrons. The highest BCUT2D eigenvalue weighted by atomic mass is 16.5. The first kappa shape index (κ1) is 14.7. The molecule has 1 aromatic heterocycles. The van der Waals surface area contributed by atoms with Crippen molar-refractivity contribution in [3.63, 3.8) is 0 Å². The van der Waals surface area contributed by atoms with Crippen LogP contribution in [0.5, 0.6) is 0 Å². The van der Waals surface area contributed by atoms with Gasteiger partial charge in [-0.15, -0.1) is 0 Å². The van der Waals surface area contributed by atoms with E-state index in [1.165, 1.54) is 0 Å². The summed E-state index contributed by atoms with van der Waals surface area (Å²) < 4.78 is 7.14. The summed E-state index contributed by atoms with van der Waals surface area (Å²) in [7, 11) is 0. The molecule has 0 aliphatic heterocycles. The van der Waals surface area contributed by atoms with Gasteiger partial charge in [0.25, 0.3) is 0 Å². The summed E-state index contributed by atoms with van der Waals surface area (Å²) in [6, 6.07) is -0.234. The molecule has 1 heterocycles. The molecule has 1 N–H and O–H groups in total. The number of rotatable bonds is 8. The van der Waals surface area contributed by atoms with Crippen molar-refractivity contribution in [3.8, 4) is 0 Å². The first-order valence-electron chi connectivity index (χ1n) is 6.62. The van der Waals surface area contributed by atoms with Crippen molar-refractivity contribution in [2.75, 3.05) is 13.2 Å². The van der Waals surface area contributed by atoms with E-state index in [0.717, 1.165) is 31.8 Å². The zero-order valence-electron chi connectivity index (χ0n) is 11.5. The molecular formula is C13H23N3O2. The topological polar surface area (TPSA) is 56.2 Å². The van der Waals surface area contributed by atoms with E-state index in [9.17, 15) is 4.79 Å². The Morgan fingerprint density at radius 2 is 2.28 bits per heavy atom. The number of aromatic nitrogens is 2. The quantitative estimate of drug-likeness (QED) is 0.711. The highest BCUT2D eigenvalue weighted by molar-refractivity contribution is 5.75. The molecule has 0 spiro atoms. The number of carbonyl (C=O) groups is 1. The predicted octanol–water partition coefficient (Wildman–Crippen LogP) is 1.38. The Morgan fingerprint density at radius 1 is 1.50 bits per heavy atom. The van der Waals surface area contributed by atoms with Crippen LogP contribution in [-0.4, -0.2) is 34.7 Å². The molecule has 0 aromatic carbocycles. The summed E-state index contributed by atoms with van der Waals surface area (Å²) >= 11 is 0. The Labute approximate surface area is 109 Å². The van der Waals surface area contributed by atoms with E-state index in [4.69, 9.17) is 4.74 Å². The van der Waals surface area contributed by atoms with Gasteiger partial charge in [0.15, 0.2) is 0 Å². The number of hydrogen-bond donors (Lipinski definition) is 1. The lowest BCUT2D eigenvalue weighted by Crippen LogP contribution is -2.38. The van der Waals surface area contributed by atoms with E-state index in [1.54, 1.807) is 6.20 Å². The molecule has 18 heavy (non-hydrogen) atoms. The van der Waals surface area contributed by atoms with Crippen LogP contribution in [0.25, 0.3) is 0 Å². The van der Waals surface area contributed by atoms with Gasteiger partial charge in [-0.2, -0.15) is 0 Å². The molecule has 0 fully saturated rings. The van der Waals surface area contributed by atoms with Gasteiger partial charge in [-0.3, -0.25) is 4.79 Å². The Bertz CT molecular complexity index is 363. The molecule has 0 amide bonds. The average Bonchev–Trinajstić information content (AvgIpc) is 2.82. The molecule has 1 rings (SSSR count). The average molecular weight is 253 g/mol. The summed E-state index contributed by atoms with van der Waals surface area (Å²) in [4.78, 5) is 16.0. The van der Waals surface area contributed by atoms with E-state index >= 15 is 0 Å². The van der Waals surface area contributed by atoms with Crippen molar-refractivity contribution in [2.24, 2.45) is 0 Å². The molecule has 102 valence electrons. The van der Waals surface area contributed by atoms with Gasteiger partial charge in [-0.1, -0.05) is 13.8 Å². The van der Waals surface area contributed by atoms with Gasteiger partial charge in [0, 0.05) is 25.4 Å². The largest absolute Gasteiger partial charge is 0.465 e. The van der Waals surface area contributed by atoms with Crippen molar-refractivity contribution in [1.82, 2.24) is 14.9 Å². The normalized spacial score (nSPS) is 12.4. The zero-order valence-corrected chi connectivity index (χ0v) is 11.5. The Hall–Kier alpha value is -1.36. The summed E-state index contributed by atoms with van der Waals surface area (Å²) in [5.41, 5.74) is 0. The maximum Gasteiger partial charge on any atom is 0.323 e. The third-order valence-electron chi connectivity index (χ3n) is 2.80. The summed E-state index contributed by atoms with van der Waals surface area (Å²) in [5, 5.41) is 3.16. The predicted molar refractivity (Wildman–Crippen MR) is 70.3 cm³/mol. The fourth-order valence-corrected chi connectivity index (χ4v) is 1.92. The van der Waals surface area contributed by atoms with Crippen LogP contribution in [0.4, 0.5) is 0 Å². The molecule has 0 aliphatic rings. The van der Waals surface area contributed by atoms with Gasteiger partial charge in [0.2, 0.25) is 0 Å². The molecule has 0 saturated carbocycles. The highest BCUT2D eigenvalue weighted by Gasteiger charge is 2.18. The Kier molecular flexibility index (Phi) is 6.43. The lowest BCUT2D eigenvalue weighted by Gasteiger charge is -2.17.